The molecule has 6 nitrogen and oxygen atoms in total. The van der Waals surface area contributed by atoms with Gasteiger partial charge in [-0.1, -0.05) is 6.42 Å². The topological polar surface area (TPSA) is 67.2 Å². The van der Waals surface area contributed by atoms with Crippen LogP contribution in [0.25, 0.3) is 10.9 Å². The summed E-state index contributed by atoms with van der Waals surface area (Å²) in [5, 5.41) is 3.59. The van der Waals surface area contributed by atoms with E-state index in [1.807, 2.05) is 4.57 Å². The first-order valence-electron chi connectivity index (χ1n) is 10.5. The van der Waals surface area contributed by atoms with Crippen molar-refractivity contribution in [3.05, 3.63) is 39.9 Å². The maximum absolute atomic E-state index is 12.8. The lowest BCUT2D eigenvalue weighted by Crippen LogP contribution is -2.42. The van der Waals surface area contributed by atoms with Crippen LogP contribution in [-0.2, 0) is 13.0 Å². The van der Waals surface area contributed by atoms with Gasteiger partial charge in [-0.15, -0.1) is 0 Å². The van der Waals surface area contributed by atoms with Crippen molar-refractivity contribution in [3.8, 4) is 0 Å². The van der Waals surface area contributed by atoms with Gasteiger partial charge in [0.05, 0.1) is 10.9 Å². The Morgan fingerprint density at radius 1 is 1.18 bits per heavy atom. The molecule has 1 aliphatic rings. The van der Waals surface area contributed by atoms with E-state index in [0.717, 1.165) is 44.6 Å². The molecule has 1 aromatic carbocycles. The van der Waals surface area contributed by atoms with Gasteiger partial charge in [0.2, 0.25) is 0 Å². The molecule has 0 fully saturated rings. The Balaban J connectivity index is 1.76. The standard InChI is InChI=1S/C22H32N4O2/c1-15(2)25(16(3)4)13-11-23-21(27)17-9-10-18-19(14-17)24-20-8-6-5-7-12-26(20)22(18)28/h9-10,14-16H,5-8,11-13H2,1-4H3,(H,23,27). The van der Waals surface area contributed by atoms with Gasteiger partial charge in [0.1, 0.15) is 5.82 Å². The fourth-order valence-corrected chi connectivity index (χ4v) is 4.07. The first kappa shape index (κ1) is 20.5. The highest BCUT2D eigenvalue weighted by Gasteiger charge is 2.16. The maximum Gasteiger partial charge on any atom is 0.261 e. The molecule has 0 spiro atoms. The molecule has 0 saturated heterocycles. The van der Waals surface area contributed by atoms with Gasteiger partial charge in [-0.25, -0.2) is 4.98 Å². The van der Waals surface area contributed by atoms with Crippen LogP contribution in [0.1, 0.15) is 63.1 Å². The Morgan fingerprint density at radius 3 is 2.64 bits per heavy atom. The van der Waals surface area contributed by atoms with E-state index in [2.05, 4.69) is 37.9 Å². The van der Waals surface area contributed by atoms with Gasteiger partial charge in [0.15, 0.2) is 0 Å². The third kappa shape index (κ3) is 4.43. The lowest BCUT2D eigenvalue weighted by Gasteiger charge is -2.30. The molecule has 1 aromatic heterocycles. The Bertz CT molecular complexity index is 893. The summed E-state index contributed by atoms with van der Waals surface area (Å²) in [5.41, 5.74) is 1.19. The van der Waals surface area contributed by atoms with Crippen LogP contribution in [0.5, 0.6) is 0 Å². The van der Waals surface area contributed by atoms with E-state index in [9.17, 15) is 9.59 Å². The number of aromatic nitrogens is 2. The minimum Gasteiger partial charge on any atom is -0.351 e. The molecule has 0 radical (unpaired) electrons. The van der Waals surface area contributed by atoms with Crippen LogP contribution in [0.2, 0.25) is 0 Å². The number of nitrogens with one attached hydrogen (secondary N) is 1. The first-order chi connectivity index (χ1) is 13.4. The van der Waals surface area contributed by atoms with Gasteiger partial charge in [-0.3, -0.25) is 19.1 Å². The van der Waals surface area contributed by atoms with E-state index < -0.39 is 0 Å². The largest absolute Gasteiger partial charge is 0.351 e. The first-order valence-corrected chi connectivity index (χ1v) is 10.5. The molecule has 1 aliphatic heterocycles. The van der Waals surface area contributed by atoms with E-state index in [1.165, 1.54) is 0 Å². The normalized spacial score (nSPS) is 14.5. The Labute approximate surface area is 166 Å². The van der Waals surface area contributed by atoms with Gasteiger partial charge in [0, 0.05) is 43.7 Å². The van der Waals surface area contributed by atoms with Gasteiger partial charge in [0.25, 0.3) is 11.5 Å². The number of carbonyl (C=O) groups is 1. The number of fused-ring (bicyclic) bond motifs is 2. The highest BCUT2D eigenvalue weighted by Crippen LogP contribution is 2.16. The molecule has 0 aliphatic carbocycles. The summed E-state index contributed by atoms with van der Waals surface area (Å²) in [5.74, 6) is 0.725. The molecular formula is C22H32N4O2. The van der Waals surface area contributed by atoms with Crippen LogP contribution in [0, 0.1) is 0 Å². The SMILES string of the molecule is CC(C)N(CCNC(=O)c1ccc2c(=O)n3c(nc2c1)CCCCC3)C(C)C. The van der Waals surface area contributed by atoms with Crippen LogP contribution in [0.15, 0.2) is 23.0 Å². The molecule has 2 aromatic rings. The van der Waals surface area contributed by atoms with Crippen molar-refractivity contribution >= 4 is 16.8 Å². The van der Waals surface area contributed by atoms with Crippen LogP contribution in [0.3, 0.4) is 0 Å². The van der Waals surface area contributed by atoms with Crippen LogP contribution in [0.4, 0.5) is 0 Å². The molecule has 1 N–H and O–H groups in total. The number of rotatable bonds is 6. The lowest BCUT2D eigenvalue weighted by atomic mass is 10.1. The molecule has 0 bridgehead atoms. The predicted molar refractivity (Wildman–Crippen MR) is 113 cm³/mol. The monoisotopic (exact) mass is 384 g/mol. The Hall–Kier alpha value is -2.21. The second kappa shape index (κ2) is 8.86. The zero-order chi connectivity index (χ0) is 20.3. The summed E-state index contributed by atoms with van der Waals surface area (Å²) in [6.45, 7) is 10.8. The molecule has 1 amide bonds. The summed E-state index contributed by atoms with van der Waals surface area (Å²) in [6.07, 6.45) is 4.02. The van der Waals surface area contributed by atoms with Gasteiger partial charge in [-0.05, 0) is 58.7 Å². The zero-order valence-electron chi connectivity index (χ0n) is 17.5. The minimum atomic E-state index is -0.119. The van der Waals surface area contributed by atoms with Crippen molar-refractivity contribution in [3.63, 3.8) is 0 Å². The number of carbonyl (C=O) groups excluding carboxylic acids is 1. The molecule has 0 atom stereocenters. The number of hydrogen-bond donors (Lipinski definition) is 1. The quantitative estimate of drug-likeness (QED) is 0.831. The molecule has 0 unspecified atom stereocenters. The van der Waals surface area contributed by atoms with Gasteiger partial charge >= 0.3 is 0 Å². The summed E-state index contributed by atoms with van der Waals surface area (Å²) in [6, 6.07) is 6.09. The molecule has 28 heavy (non-hydrogen) atoms. The van der Waals surface area contributed by atoms with E-state index in [4.69, 9.17) is 4.98 Å². The summed E-state index contributed by atoms with van der Waals surface area (Å²) >= 11 is 0. The highest BCUT2D eigenvalue weighted by atomic mass is 16.1. The van der Waals surface area contributed by atoms with Gasteiger partial charge in [-0.2, -0.15) is 0 Å². The van der Waals surface area contributed by atoms with Crippen molar-refractivity contribution in [1.82, 2.24) is 19.8 Å². The maximum atomic E-state index is 12.8. The van der Waals surface area contributed by atoms with E-state index in [1.54, 1.807) is 18.2 Å². The van der Waals surface area contributed by atoms with Gasteiger partial charge < -0.3 is 5.32 Å². The third-order valence-corrected chi connectivity index (χ3v) is 5.56. The molecule has 3 rings (SSSR count). The molecule has 6 heteroatoms. The number of benzene rings is 1. The highest BCUT2D eigenvalue weighted by molar-refractivity contribution is 5.97. The van der Waals surface area contributed by atoms with E-state index in [0.29, 0.717) is 35.1 Å². The molecule has 0 saturated carbocycles. The van der Waals surface area contributed by atoms with Crippen molar-refractivity contribution in [2.45, 2.75) is 72.0 Å². The summed E-state index contributed by atoms with van der Waals surface area (Å²) in [7, 11) is 0. The second-order valence-corrected chi connectivity index (χ2v) is 8.21. The van der Waals surface area contributed by atoms with Crippen molar-refractivity contribution in [2.75, 3.05) is 13.1 Å². The smallest absolute Gasteiger partial charge is 0.261 e. The second-order valence-electron chi connectivity index (χ2n) is 8.21. The average Bonchev–Trinajstić information content (AvgIpc) is 2.89. The molecule has 152 valence electrons. The van der Waals surface area contributed by atoms with Crippen LogP contribution < -0.4 is 10.9 Å². The third-order valence-electron chi connectivity index (χ3n) is 5.56. The number of amides is 1. The Kier molecular flexibility index (Phi) is 6.50. The van der Waals surface area contributed by atoms with E-state index in [-0.39, 0.29) is 11.5 Å². The Morgan fingerprint density at radius 2 is 1.93 bits per heavy atom. The minimum absolute atomic E-state index is 0.0124. The number of hydrogen-bond acceptors (Lipinski definition) is 4. The fourth-order valence-electron chi connectivity index (χ4n) is 4.07. The van der Waals surface area contributed by atoms with Crippen LogP contribution >= 0.6 is 0 Å². The van der Waals surface area contributed by atoms with Crippen molar-refractivity contribution < 1.29 is 4.79 Å². The fraction of sp³-hybridized carbons (Fsp3) is 0.591. The van der Waals surface area contributed by atoms with Crippen LogP contribution in [-0.4, -0.2) is 45.5 Å². The van der Waals surface area contributed by atoms with Crippen molar-refractivity contribution in [1.29, 1.82) is 0 Å². The number of aryl methyl sites for hydroxylation is 1. The average molecular weight is 385 g/mol. The molecular weight excluding hydrogens is 352 g/mol. The summed E-state index contributed by atoms with van der Waals surface area (Å²) in [4.78, 5) is 32.5. The summed E-state index contributed by atoms with van der Waals surface area (Å²) < 4.78 is 1.81. The van der Waals surface area contributed by atoms with Crippen molar-refractivity contribution in [2.24, 2.45) is 0 Å². The zero-order valence-corrected chi connectivity index (χ0v) is 17.5. The molecule has 2 heterocycles. The van der Waals surface area contributed by atoms with E-state index >= 15 is 0 Å². The number of nitrogens with zero attached hydrogens (tertiary/aromatic N) is 3. The lowest BCUT2D eigenvalue weighted by molar-refractivity contribution is 0.0939. The predicted octanol–water partition coefficient (Wildman–Crippen LogP) is 2.97.